The topological polar surface area (TPSA) is 42.7 Å². The molecule has 4 nitrogen and oxygen atoms in total. The molecule has 0 fully saturated rings. The first-order valence-electron chi connectivity index (χ1n) is 8.65. The molecular formula is C22H23NO3. The van der Waals surface area contributed by atoms with Gasteiger partial charge in [-0.25, -0.2) is 0 Å². The highest BCUT2D eigenvalue weighted by Gasteiger charge is 2.17. The lowest BCUT2D eigenvalue weighted by molar-refractivity contribution is -0.134. The van der Waals surface area contributed by atoms with Crippen molar-refractivity contribution in [2.24, 2.45) is 0 Å². The van der Waals surface area contributed by atoms with Crippen molar-refractivity contribution in [1.82, 2.24) is 4.90 Å². The Balaban J connectivity index is 1.69. The average Bonchev–Trinajstić information content (AvgIpc) is 3.12. The lowest BCUT2D eigenvalue weighted by Crippen LogP contribution is -2.34. The molecule has 2 aromatic carbocycles. The number of rotatable bonds is 7. The summed E-state index contributed by atoms with van der Waals surface area (Å²) in [6.45, 7) is 4.95. The van der Waals surface area contributed by atoms with Gasteiger partial charge in [-0.3, -0.25) is 4.79 Å². The zero-order chi connectivity index (χ0) is 18.4. The molecule has 0 saturated heterocycles. The Morgan fingerprint density at radius 1 is 0.962 bits per heavy atom. The van der Waals surface area contributed by atoms with Gasteiger partial charge in [0.2, 0.25) is 0 Å². The van der Waals surface area contributed by atoms with E-state index in [1.165, 1.54) is 0 Å². The Morgan fingerprint density at radius 3 is 2.35 bits per heavy atom. The number of carbonyl (C=O) groups is 1. The van der Waals surface area contributed by atoms with Gasteiger partial charge in [0.1, 0.15) is 11.5 Å². The van der Waals surface area contributed by atoms with Crippen molar-refractivity contribution in [3.8, 4) is 5.75 Å². The third-order valence-corrected chi connectivity index (χ3v) is 4.05. The summed E-state index contributed by atoms with van der Waals surface area (Å²) in [7, 11) is 0. The minimum absolute atomic E-state index is 0.00354. The van der Waals surface area contributed by atoms with Gasteiger partial charge in [-0.15, -0.1) is 0 Å². The van der Waals surface area contributed by atoms with Crippen LogP contribution in [0.4, 0.5) is 0 Å². The Hall–Kier alpha value is -3.01. The largest absolute Gasteiger partial charge is 0.484 e. The quantitative estimate of drug-likeness (QED) is 0.630. The summed E-state index contributed by atoms with van der Waals surface area (Å²) in [6.07, 6.45) is 1.62. The highest BCUT2D eigenvalue weighted by molar-refractivity contribution is 5.77. The van der Waals surface area contributed by atoms with Gasteiger partial charge in [0, 0.05) is 6.54 Å². The van der Waals surface area contributed by atoms with Crippen molar-refractivity contribution in [1.29, 1.82) is 0 Å². The lowest BCUT2D eigenvalue weighted by Gasteiger charge is -2.22. The maximum atomic E-state index is 12.8. The predicted octanol–water partition coefficient (Wildman–Crippen LogP) is 4.50. The van der Waals surface area contributed by atoms with Crippen LogP contribution in [0.2, 0.25) is 0 Å². The first kappa shape index (κ1) is 17.8. The molecule has 0 saturated carbocycles. The van der Waals surface area contributed by atoms with Gasteiger partial charge in [0.15, 0.2) is 6.61 Å². The van der Waals surface area contributed by atoms with Gasteiger partial charge >= 0.3 is 0 Å². The van der Waals surface area contributed by atoms with Crippen molar-refractivity contribution in [2.45, 2.75) is 26.9 Å². The molecule has 134 valence electrons. The van der Waals surface area contributed by atoms with E-state index in [0.29, 0.717) is 18.8 Å². The van der Waals surface area contributed by atoms with E-state index < -0.39 is 0 Å². The second-order valence-corrected chi connectivity index (χ2v) is 6.43. The standard InChI is InChI=1S/C22H23NO3/c1-17-11-18(2)13-21(12-17)26-16-22(24)23(15-20-9-6-10-25-20)14-19-7-4-3-5-8-19/h3-13H,14-16H2,1-2H3. The summed E-state index contributed by atoms with van der Waals surface area (Å²) in [5, 5.41) is 0. The number of aryl methyl sites for hydroxylation is 2. The number of nitrogens with zero attached hydrogens (tertiary/aromatic N) is 1. The third-order valence-electron chi connectivity index (χ3n) is 4.05. The van der Waals surface area contributed by atoms with Gasteiger partial charge < -0.3 is 14.1 Å². The van der Waals surface area contributed by atoms with E-state index in [2.05, 4.69) is 6.07 Å². The molecular weight excluding hydrogens is 326 g/mol. The fourth-order valence-electron chi connectivity index (χ4n) is 2.88. The monoisotopic (exact) mass is 349 g/mol. The van der Waals surface area contributed by atoms with Crippen LogP contribution in [-0.4, -0.2) is 17.4 Å². The molecule has 4 heteroatoms. The predicted molar refractivity (Wildman–Crippen MR) is 101 cm³/mol. The average molecular weight is 349 g/mol. The SMILES string of the molecule is Cc1cc(C)cc(OCC(=O)N(Cc2ccccc2)Cc2ccco2)c1. The number of carbonyl (C=O) groups excluding carboxylic acids is 1. The van der Waals surface area contributed by atoms with Gasteiger partial charge in [-0.2, -0.15) is 0 Å². The first-order chi connectivity index (χ1) is 12.6. The van der Waals surface area contributed by atoms with Crippen LogP contribution in [0.3, 0.4) is 0 Å². The molecule has 26 heavy (non-hydrogen) atoms. The van der Waals surface area contributed by atoms with Crippen LogP contribution in [0.15, 0.2) is 71.3 Å². The molecule has 3 aromatic rings. The number of furan rings is 1. The molecule has 1 heterocycles. The highest BCUT2D eigenvalue weighted by atomic mass is 16.5. The molecule has 1 amide bonds. The zero-order valence-corrected chi connectivity index (χ0v) is 15.1. The smallest absolute Gasteiger partial charge is 0.261 e. The number of amides is 1. The molecule has 0 aliphatic carbocycles. The second-order valence-electron chi connectivity index (χ2n) is 6.43. The fourth-order valence-corrected chi connectivity index (χ4v) is 2.88. The van der Waals surface area contributed by atoms with E-state index in [4.69, 9.17) is 9.15 Å². The maximum Gasteiger partial charge on any atom is 0.261 e. The molecule has 0 N–H and O–H groups in total. The Labute approximate surface area is 154 Å². The van der Waals surface area contributed by atoms with Crippen molar-refractivity contribution >= 4 is 5.91 Å². The summed E-state index contributed by atoms with van der Waals surface area (Å²) in [5.74, 6) is 1.39. The van der Waals surface area contributed by atoms with E-state index in [1.54, 1.807) is 11.2 Å². The minimum atomic E-state index is -0.0792. The molecule has 0 unspecified atom stereocenters. The molecule has 0 bridgehead atoms. The van der Waals surface area contributed by atoms with Crippen molar-refractivity contribution < 1.29 is 13.9 Å². The molecule has 0 aliphatic rings. The molecule has 0 radical (unpaired) electrons. The first-order valence-corrected chi connectivity index (χ1v) is 8.65. The highest BCUT2D eigenvalue weighted by Crippen LogP contribution is 2.17. The van der Waals surface area contributed by atoms with E-state index in [0.717, 1.165) is 22.5 Å². The summed E-state index contributed by atoms with van der Waals surface area (Å²) in [6, 6.07) is 19.6. The van der Waals surface area contributed by atoms with E-state index in [1.807, 2.05) is 68.4 Å². The Morgan fingerprint density at radius 2 is 1.69 bits per heavy atom. The lowest BCUT2D eigenvalue weighted by atomic mass is 10.1. The normalized spacial score (nSPS) is 10.5. The van der Waals surface area contributed by atoms with Crippen molar-refractivity contribution in [2.75, 3.05) is 6.61 Å². The molecule has 0 aliphatic heterocycles. The van der Waals surface area contributed by atoms with E-state index >= 15 is 0 Å². The number of benzene rings is 2. The maximum absolute atomic E-state index is 12.8. The summed E-state index contributed by atoms with van der Waals surface area (Å²) in [5.41, 5.74) is 3.30. The molecule has 0 atom stereocenters. The van der Waals surface area contributed by atoms with Crippen molar-refractivity contribution in [3.05, 3.63) is 89.4 Å². The van der Waals surface area contributed by atoms with Gasteiger partial charge in [-0.05, 0) is 54.8 Å². The van der Waals surface area contributed by atoms with Crippen LogP contribution in [0.1, 0.15) is 22.5 Å². The Kier molecular flexibility index (Phi) is 5.74. The Bertz CT molecular complexity index is 821. The van der Waals surface area contributed by atoms with E-state index in [9.17, 15) is 4.79 Å². The third kappa shape index (κ3) is 4.99. The van der Waals surface area contributed by atoms with Gasteiger partial charge in [0.05, 0.1) is 12.8 Å². The van der Waals surface area contributed by atoms with Crippen LogP contribution in [0, 0.1) is 13.8 Å². The number of hydrogen-bond donors (Lipinski definition) is 0. The summed E-state index contributed by atoms with van der Waals surface area (Å²) < 4.78 is 11.2. The van der Waals surface area contributed by atoms with Crippen LogP contribution < -0.4 is 4.74 Å². The van der Waals surface area contributed by atoms with Crippen molar-refractivity contribution in [3.63, 3.8) is 0 Å². The zero-order valence-electron chi connectivity index (χ0n) is 15.1. The van der Waals surface area contributed by atoms with E-state index in [-0.39, 0.29) is 12.5 Å². The summed E-state index contributed by atoms with van der Waals surface area (Å²) >= 11 is 0. The van der Waals surface area contributed by atoms with Gasteiger partial charge in [-0.1, -0.05) is 36.4 Å². The number of hydrogen-bond acceptors (Lipinski definition) is 3. The second kappa shape index (κ2) is 8.39. The van der Waals surface area contributed by atoms with Gasteiger partial charge in [0.25, 0.3) is 5.91 Å². The number of ether oxygens (including phenoxy) is 1. The minimum Gasteiger partial charge on any atom is -0.484 e. The fraction of sp³-hybridized carbons (Fsp3) is 0.227. The van der Waals surface area contributed by atoms with Crippen LogP contribution >= 0.6 is 0 Å². The molecule has 1 aromatic heterocycles. The molecule has 3 rings (SSSR count). The van der Waals surface area contributed by atoms with Crippen LogP contribution in [-0.2, 0) is 17.9 Å². The summed E-state index contributed by atoms with van der Waals surface area (Å²) in [4.78, 5) is 14.5. The molecule has 0 spiro atoms. The van der Waals surface area contributed by atoms with Crippen LogP contribution in [0.5, 0.6) is 5.75 Å². The van der Waals surface area contributed by atoms with Crippen LogP contribution in [0.25, 0.3) is 0 Å².